The van der Waals surface area contributed by atoms with Crippen molar-refractivity contribution in [3.63, 3.8) is 0 Å². The predicted molar refractivity (Wildman–Crippen MR) is 124 cm³/mol. The van der Waals surface area contributed by atoms with Crippen LogP contribution in [0.5, 0.6) is 23.0 Å². The number of hydrogen-bond acceptors (Lipinski definition) is 8. The maximum Gasteiger partial charge on any atom is 0.337 e. The minimum absolute atomic E-state index is 0.102. The zero-order chi connectivity index (χ0) is 24.5. The van der Waals surface area contributed by atoms with E-state index in [1.54, 1.807) is 48.5 Å². The van der Waals surface area contributed by atoms with Crippen LogP contribution < -0.4 is 18.9 Å². The molecule has 0 amide bonds. The van der Waals surface area contributed by atoms with Crippen molar-refractivity contribution in [2.45, 2.75) is 26.4 Å². The molecule has 0 saturated carbocycles. The quantitative estimate of drug-likeness (QED) is 0.411. The number of aliphatic hydroxyl groups is 2. The van der Waals surface area contributed by atoms with Crippen molar-refractivity contribution in [3.8, 4) is 23.0 Å². The normalized spacial score (nSPS) is 10.5. The van der Waals surface area contributed by atoms with E-state index in [2.05, 4.69) is 0 Å². The molecule has 180 valence electrons. The summed E-state index contributed by atoms with van der Waals surface area (Å²) in [6.45, 7) is 0.131. The average Bonchev–Trinajstić information content (AvgIpc) is 2.89. The molecule has 8 heteroatoms. The molecule has 0 fully saturated rings. The minimum atomic E-state index is -0.474. The van der Waals surface area contributed by atoms with Crippen molar-refractivity contribution in [1.82, 2.24) is 0 Å². The third-order valence-electron chi connectivity index (χ3n) is 5.08. The number of benzene rings is 3. The number of ether oxygens (including phenoxy) is 5. The smallest absolute Gasteiger partial charge is 0.337 e. The Balaban J connectivity index is 1.81. The first-order chi connectivity index (χ1) is 16.5. The van der Waals surface area contributed by atoms with Gasteiger partial charge in [-0.1, -0.05) is 12.1 Å². The van der Waals surface area contributed by atoms with Crippen LogP contribution in [0.1, 0.15) is 32.6 Å². The van der Waals surface area contributed by atoms with Gasteiger partial charge in [0.15, 0.2) is 23.0 Å². The Morgan fingerprint density at radius 3 is 1.50 bits per heavy atom. The van der Waals surface area contributed by atoms with E-state index in [-0.39, 0.29) is 26.4 Å². The molecule has 0 bridgehead atoms. The van der Waals surface area contributed by atoms with E-state index >= 15 is 0 Å². The van der Waals surface area contributed by atoms with Gasteiger partial charge in [0.1, 0.15) is 13.2 Å². The molecule has 0 radical (unpaired) electrons. The van der Waals surface area contributed by atoms with E-state index in [4.69, 9.17) is 23.7 Å². The summed E-state index contributed by atoms with van der Waals surface area (Å²) in [5.74, 6) is 1.54. The molecule has 0 aliphatic carbocycles. The molecule has 0 atom stereocenters. The van der Waals surface area contributed by atoms with Gasteiger partial charge in [-0.2, -0.15) is 0 Å². The van der Waals surface area contributed by atoms with E-state index in [0.717, 1.165) is 11.1 Å². The summed E-state index contributed by atoms with van der Waals surface area (Å²) in [5, 5.41) is 18.6. The van der Waals surface area contributed by atoms with Crippen LogP contribution in [-0.4, -0.2) is 37.5 Å². The van der Waals surface area contributed by atoms with Crippen LogP contribution in [0.3, 0.4) is 0 Å². The molecule has 0 aliphatic rings. The second kappa shape index (κ2) is 11.9. The van der Waals surface area contributed by atoms with E-state index in [9.17, 15) is 15.0 Å². The Bertz CT molecular complexity index is 1050. The topological polar surface area (TPSA) is 104 Å². The maximum absolute atomic E-state index is 12.2. The number of methoxy groups -OCH3 is 3. The van der Waals surface area contributed by atoms with Gasteiger partial charge in [0.05, 0.1) is 40.1 Å². The third-order valence-corrected chi connectivity index (χ3v) is 5.08. The highest BCUT2D eigenvalue weighted by molar-refractivity contribution is 5.89. The maximum atomic E-state index is 12.2. The zero-order valence-electron chi connectivity index (χ0n) is 19.4. The molecular weight excluding hydrogens is 440 g/mol. The number of hydrogen-bond donors (Lipinski definition) is 2. The summed E-state index contributed by atoms with van der Waals surface area (Å²) in [6.07, 6.45) is 0. The van der Waals surface area contributed by atoms with Gasteiger partial charge in [-0.15, -0.1) is 0 Å². The average molecular weight is 469 g/mol. The van der Waals surface area contributed by atoms with Gasteiger partial charge in [-0.05, 0) is 64.7 Å². The molecule has 8 nitrogen and oxygen atoms in total. The van der Waals surface area contributed by atoms with E-state index in [0.29, 0.717) is 39.7 Å². The lowest BCUT2D eigenvalue weighted by atomic mass is 10.1. The second-order valence-corrected chi connectivity index (χ2v) is 7.39. The molecule has 3 aromatic carbocycles. The fraction of sp³-hybridized carbons (Fsp3) is 0.269. The summed E-state index contributed by atoms with van der Waals surface area (Å²) in [4.78, 5) is 12.2. The van der Waals surface area contributed by atoms with Gasteiger partial charge in [0.25, 0.3) is 0 Å². The molecule has 0 saturated heterocycles. The highest BCUT2D eigenvalue weighted by Crippen LogP contribution is 2.30. The number of esters is 1. The predicted octanol–water partition coefficient (Wildman–Crippen LogP) is 3.63. The van der Waals surface area contributed by atoms with Gasteiger partial charge >= 0.3 is 5.97 Å². The summed E-state index contributed by atoms with van der Waals surface area (Å²) < 4.78 is 27.4. The molecule has 0 spiro atoms. The third kappa shape index (κ3) is 6.18. The van der Waals surface area contributed by atoms with Crippen LogP contribution in [-0.2, 0) is 31.2 Å². The van der Waals surface area contributed by atoms with Crippen LogP contribution >= 0.6 is 0 Å². The standard InChI is InChI=1S/C26H28O8/c1-30-24-11-17(13-27)4-6-22(24)33-15-19-8-20(10-21(9-19)26(29)32-3)16-34-23-7-5-18(14-28)12-25(23)31-2/h4-12,27-28H,13-16H2,1-3H3. The molecule has 0 aromatic heterocycles. The lowest BCUT2D eigenvalue weighted by molar-refractivity contribution is 0.0600. The summed E-state index contributed by atoms with van der Waals surface area (Å²) in [7, 11) is 4.37. The molecule has 2 N–H and O–H groups in total. The highest BCUT2D eigenvalue weighted by atomic mass is 16.5. The molecule has 3 rings (SSSR count). The summed E-state index contributed by atoms with van der Waals surface area (Å²) in [5.41, 5.74) is 3.25. The molecule has 34 heavy (non-hydrogen) atoms. The van der Waals surface area contributed by atoms with Gasteiger partial charge in [0, 0.05) is 0 Å². The van der Waals surface area contributed by atoms with Crippen LogP contribution in [0.4, 0.5) is 0 Å². The van der Waals surface area contributed by atoms with Crippen LogP contribution in [0, 0.1) is 0 Å². The molecule has 0 heterocycles. The molecule has 0 unspecified atom stereocenters. The van der Waals surface area contributed by atoms with Crippen LogP contribution in [0.25, 0.3) is 0 Å². The number of rotatable bonds is 11. The first kappa shape index (κ1) is 24.9. The number of aliphatic hydroxyl groups excluding tert-OH is 2. The Labute approximate surface area is 198 Å². The zero-order valence-corrected chi connectivity index (χ0v) is 19.4. The fourth-order valence-electron chi connectivity index (χ4n) is 3.35. The van der Waals surface area contributed by atoms with Crippen molar-refractivity contribution in [2.75, 3.05) is 21.3 Å². The van der Waals surface area contributed by atoms with Gasteiger partial charge in [0.2, 0.25) is 0 Å². The lowest BCUT2D eigenvalue weighted by Gasteiger charge is -2.15. The van der Waals surface area contributed by atoms with Gasteiger partial charge in [-0.25, -0.2) is 4.79 Å². The van der Waals surface area contributed by atoms with Crippen molar-refractivity contribution in [3.05, 3.63) is 82.4 Å². The van der Waals surface area contributed by atoms with E-state index < -0.39 is 5.97 Å². The van der Waals surface area contributed by atoms with E-state index in [1.165, 1.54) is 21.3 Å². The number of carbonyl (C=O) groups is 1. The highest BCUT2D eigenvalue weighted by Gasteiger charge is 2.13. The number of carbonyl (C=O) groups excluding carboxylic acids is 1. The first-order valence-electron chi connectivity index (χ1n) is 10.5. The largest absolute Gasteiger partial charge is 0.493 e. The Morgan fingerprint density at radius 1 is 0.647 bits per heavy atom. The fourth-order valence-corrected chi connectivity index (χ4v) is 3.35. The van der Waals surface area contributed by atoms with E-state index in [1.807, 2.05) is 6.07 Å². The molecule has 3 aromatic rings. The van der Waals surface area contributed by atoms with Crippen LogP contribution in [0.15, 0.2) is 54.6 Å². The van der Waals surface area contributed by atoms with Crippen molar-refractivity contribution in [1.29, 1.82) is 0 Å². The van der Waals surface area contributed by atoms with Gasteiger partial charge < -0.3 is 33.9 Å². The Kier molecular flexibility index (Phi) is 8.73. The summed E-state index contributed by atoms with van der Waals surface area (Å²) >= 11 is 0. The lowest BCUT2D eigenvalue weighted by Crippen LogP contribution is -2.07. The monoisotopic (exact) mass is 468 g/mol. The SMILES string of the molecule is COC(=O)c1cc(COc2ccc(CO)cc2OC)cc(COc2ccc(CO)cc2OC)c1. The van der Waals surface area contributed by atoms with Crippen molar-refractivity contribution < 1.29 is 38.7 Å². The molecular formula is C26H28O8. The summed E-state index contributed by atoms with van der Waals surface area (Å²) in [6, 6.07) is 15.6. The Morgan fingerprint density at radius 2 is 1.12 bits per heavy atom. The second-order valence-electron chi connectivity index (χ2n) is 7.39. The first-order valence-corrected chi connectivity index (χ1v) is 10.5. The van der Waals surface area contributed by atoms with Crippen LogP contribution in [0.2, 0.25) is 0 Å². The Hall–Kier alpha value is -3.75. The minimum Gasteiger partial charge on any atom is -0.493 e. The van der Waals surface area contributed by atoms with Gasteiger partial charge in [-0.3, -0.25) is 0 Å². The van der Waals surface area contributed by atoms with Crippen molar-refractivity contribution in [2.24, 2.45) is 0 Å². The molecule has 0 aliphatic heterocycles. The van der Waals surface area contributed by atoms with Crippen molar-refractivity contribution >= 4 is 5.97 Å².